The maximum atomic E-state index is 14.0. The van der Waals surface area contributed by atoms with E-state index in [4.69, 9.17) is 4.74 Å². The summed E-state index contributed by atoms with van der Waals surface area (Å²) in [6.07, 6.45) is 4.01. The van der Waals surface area contributed by atoms with Crippen LogP contribution in [0, 0.1) is 0 Å². The Morgan fingerprint density at radius 1 is 1.11 bits per heavy atom. The molecule has 0 spiro atoms. The number of benzene rings is 2. The number of amides is 1. The van der Waals surface area contributed by atoms with E-state index in [1.54, 1.807) is 41.5 Å². The molecule has 10 heteroatoms. The van der Waals surface area contributed by atoms with Gasteiger partial charge in [-0.25, -0.2) is 8.42 Å². The second-order valence-electron chi connectivity index (χ2n) is 8.70. The number of rotatable bonds is 9. The highest BCUT2D eigenvalue weighted by Crippen LogP contribution is 2.25. The molecule has 0 radical (unpaired) electrons. The lowest BCUT2D eigenvalue weighted by atomic mass is 10.1. The number of aromatic nitrogens is 1. The molecular weight excluding hydrogens is 510 g/mol. The fourth-order valence-electron chi connectivity index (χ4n) is 4.23. The average molecular weight is 536 g/mol. The molecule has 4 aromatic rings. The number of pyridine rings is 1. The summed E-state index contributed by atoms with van der Waals surface area (Å²) in [5, 5.41) is 2.51. The van der Waals surface area contributed by atoms with Crippen LogP contribution in [-0.4, -0.2) is 36.9 Å². The van der Waals surface area contributed by atoms with Crippen molar-refractivity contribution < 1.29 is 17.9 Å². The summed E-state index contributed by atoms with van der Waals surface area (Å²) in [5.74, 6) is -0.371. The number of carbonyl (C=O) groups is 1. The van der Waals surface area contributed by atoms with Gasteiger partial charge in [0, 0.05) is 22.9 Å². The number of ether oxygens (including phenoxy) is 1. The fourth-order valence-corrected chi connectivity index (χ4v) is 6.16. The number of aromatic amines is 1. The van der Waals surface area contributed by atoms with Crippen molar-refractivity contribution in [3.63, 3.8) is 0 Å². The van der Waals surface area contributed by atoms with Gasteiger partial charge in [0.1, 0.15) is 12.1 Å². The van der Waals surface area contributed by atoms with Gasteiger partial charge in [0.15, 0.2) is 0 Å². The van der Waals surface area contributed by atoms with E-state index in [0.29, 0.717) is 36.0 Å². The Morgan fingerprint density at radius 3 is 2.68 bits per heavy atom. The highest BCUT2D eigenvalue weighted by molar-refractivity contribution is 7.89. The van der Waals surface area contributed by atoms with Crippen LogP contribution in [0.2, 0.25) is 0 Å². The molecule has 1 aliphatic rings. The second-order valence-corrected chi connectivity index (χ2v) is 11.4. The van der Waals surface area contributed by atoms with E-state index in [1.165, 1.54) is 35.6 Å². The number of sulfonamides is 1. The molecule has 0 aliphatic carbocycles. The van der Waals surface area contributed by atoms with Crippen LogP contribution >= 0.6 is 11.3 Å². The van der Waals surface area contributed by atoms with E-state index in [9.17, 15) is 18.0 Å². The third kappa shape index (κ3) is 5.82. The molecule has 2 N–H and O–H groups in total. The number of H-pyrrole nitrogens is 1. The molecule has 2 aromatic carbocycles. The van der Waals surface area contributed by atoms with Crippen molar-refractivity contribution in [2.75, 3.05) is 6.54 Å². The van der Waals surface area contributed by atoms with Crippen LogP contribution in [0.25, 0.3) is 10.9 Å². The molecule has 1 aliphatic heterocycles. The molecule has 8 nitrogen and oxygen atoms in total. The molecule has 0 fully saturated rings. The molecule has 0 bridgehead atoms. The Bertz CT molecular complexity index is 1570. The first-order chi connectivity index (χ1) is 17.9. The van der Waals surface area contributed by atoms with Crippen LogP contribution in [-0.2, 0) is 26.1 Å². The zero-order valence-corrected chi connectivity index (χ0v) is 21.4. The first kappa shape index (κ1) is 24.9. The minimum Gasteiger partial charge on any atom is -0.496 e. The van der Waals surface area contributed by atoms with Gasteiger partial charge in [-0.2, -0.15) is 4.72 Å². The molecule has 2 unspecified atom stereocenters. The van der Waals surface area contributed by atoms with Crippen molar-refractivity contribution in [1.29, 1.82) is 0 Å². The zero-order valence-electron chi connectivity index (χ0n) is 19.7. The Labute approximate surface area is 218 Å². The van der Waals surface area contributed by atoms with Gasteiger partial charge in [-0.1, -0.05) is 36.4 Å². The quantitative estimate of drug-likeness (QED) is 0.338. The molecule has 190 valence electrons. The van der Waals surface area contributed by atoms with Gasteiger partial charge in [-0.05, 0) is 52.7 Å². The van der Waals surface area contributed by atoms with Crippen molar-refractivity contribution in [3.8, 4) is 0 Å². The van der Waals surface area contributed by atoms with E-state index in [2.05, 4.69) is 9.71 Å². The largest absolute Gasteiger partial charge is 0.496 e. The molecule has 37 heavy (non-hydrogen) atoms. The topological polar surface area (TPSA) is 109 Å². The van der Waals surface area contributed by atoms with Crippen LogP contribution in [0.1, 0.15) is 22.9 Å². The first-order valence-electron chi connectivity index (χ1n) is 11.7. The second kappa shape index (κ2) is 10.7. The summed E-state index contributed by atoms with van der Waals surface area (Å²) in [7, 11) is -4.11. The lowest BCUT2D eigenvalue weighted by molar-refractivity contribution is -0.135. The van der Waals surface area contributed by atoms with E-state index < -0.39 is 16.1 Å². The van der Waals surface area contributed by atoms with Crippen molar-refractivity contribution in [2.45, 2.75) is 30.0 Å². The normalized spacial score (nSPS) is 15.9. The van der Waals surface area contributed by atoms with Crippen LogP contribution in [0.15, 0.2) is 100 Å². The fraction of sp³-hybridized carbons (Fsp3) is 0.185. The Kier molecular flexibility index (Phi) is 7.22. The summed E-state index contributed by atoms with van der Waals surface area (Å²) in [4.78, 5) is 30.9. The molecule has 2 atom stereocenters. The number of carbonyl (C=O) groups excluding carboxylic acids is 1. The van der Waals surface area contributed by atoms with Crippen molar-refractivity contribution >= 4 is 38.2 Å². The molecule has 3 heterocycles. The number of fused-ring (bicyclic) bond motifs is 1. The highest BCUT2D eigenvalue weighted by Gasteiger charge is 2.32. The van der Waals surface area contributed by atoms with Crippen molar-refractivity contribution in [1.82, 2.24) is 14.6 Å². The molecular formula is C27H25N3O5S2. The summed E-state index contributed by atoms with van der Waals surface area (Å²) >= 11 is 1.53. The minimum atomic E-state index is -4.11. The molecule has 0 saturated heterocycles. The van der Waals surface area contributed by atoms with Gasteiger partial charge in [0.2, 0.25) is 21.5 Å². The summed E-state index contributed by atoms with van der Waals surface area (Å²) in [5.41, 5.74) is 0.778. The van der Waals surface area contributed by atoms with Crippen LogP contribution in [0.3, 0.4) is 0 Å². The van der Waals surface area contributed by atoms with E-state index >= 15 is 0 Å². The average Bonchev–Trinajstić information content (AvgIpc) is 3.61. The van der Waals surface area contributed by atoms with Gasteiger partial charge in [0.05, 0.1) is 24.2 Å². The van der Waals surface area contributed by atoms with Crippen molar-refractivity contribution in [2.24, 2.45) is 0 Å². The monoisotopic (exact) mass is 535 g/mol. The van der Waals surface area contributed by atoms with Gasteiger partial charge in [-0.15, -0.1) is 11.3 Å². The molecule has 2 aromatic heterocycles. The Balaban J connectivity index is 1.48. The van der Waals surface area contributed by atoms with Gasteiger partial charge >= 0.3 is 0 Å². The number of thiophene rings is 1. The summed E-state index contributed by atoms with van der Waals surface area (Å²) < 4.78 is 35.3. The molecule has 1 amide bonds. The summed E-state index contributed by atoms with van der Waals surface area (Å²) in [6.45, 7) is 0.656. The third-order valence-electron chi connectivity index (χ3n) is 6.09. The minimum absolute atomic E-state index is 0.00564. The lowest BCUT2D eigenvalue weighted by Crippen LogP contribution is -2.45. The standard InChI is InChI=1S/C27H25N3O5S2/c31-25-13-10-20-16-23(11-12-24(20)28-25)37(33,34)29-26(19-6-2-1-3-7-19)27(32)30(17-21-8-4-14-35-21)18-22-9-5-15-36-22/h1-7,9-16,21,26,29H,8,17-18H2,(H,28,31). The Morgan fingerprint density at radius 2 is 1.95 bits per heavy atom. The maximum absolute atomic E-state index is 14.0. The number of hydrogen-bond acceptors (Lipinski definition) is 6. The SMILES string of the molecule is O=C(C(NS(=O)(=O)c1ccc2[nH]c(=O)ccc2c1)c1ccccc1)N(Cc1cccs1)CC1CC=CO1. The smallest absolute Gasteiger partial charge is 0.248 e. The number of hydrogen-bond donors (Lipinski definition) is 2. The number of nitrogens with zero attached hydrogens (tertiary/aromatic N) is 1. The molecule has 0 saturated carbocycles. The van der Waals surface area contributed by atoms with Gasteiger partial charge < -0.3 is 14.6 Å². The van der Waals surface area contributed by atoms with Crippen LogP contribution < -0.4 is 10.3 Å². The molecule has 5 rings (SSSR count). The van der Waals surface area contributed by atoms with E-state index in [0.717, 1.165) is 4.88 Å². The third-order valence-corrected chi connectivity index (χ3v) is 8.37. The van der Waals surface area contributed by atoms with Crippen LogP contribution in [0.4, 0.5) is 0 Å². The van der Waals surface area contributed by atoms with Crippen molar-refractivity contribution in [3.05, 3.63) is 111 Å². The first-order valence-corrected chi connectivity index (χ1v) is 14.1. The maximum Gasteiger partial charge on any atom is 0.248 e. The van der Waals surface area contributed by atoms with Gasteiger partial charge in [-0.3, -0.25) is 9.59 Å². The predicted octanol–water partition coefficient (Wildman–Crippen LogP) is 3.94. The van der Waals surface area contributed by atoms with E-state index in [-0.39, 0.29) is 22.5 Å². The summed E-state index contributed by atoms with van der Waals surface area (Å²) in [6, 6.07) is 18.8. The predicted molar refractivity (Wildman–Crippen MR) is 142 cm³/mol. The van der Waals surface area contributed by atoms with Crippen LogP contribution in [0.5, 0.6) is 0 Å². The lowest BCUT2D eigenvalue weighted by Gasteiger charge is -2.29. The number of nitrogens with one attached hydrogen (secondary N) is 2. The Hall–Kier alpha value is -3.73. The van der Waals surface area contributed by atoms with Gasteiger partial charge in [0.25, 0.3) is 0 Å². The highest BCUT2D eigenvalue weighted by atomic mass is 32.2. The van der Waals surface area contributed by atoms with E-state index in [1.807, 2.05) is 29.7 Å². The zero-order chi connectivity index (χ0) is 25.8.